The SMILES string of the molecule is O=C(O)COCCOCCOCCOCCOCCOCCOCCC(=O)ON1C(=O)CCC1=O. The van der Waals surface area contributed by atoms with E-state index in [1.165, 1.54) is 0 Å². The van der Waals surface area contributed by atoms with E-state index in [0.717, 1.165) is 0 Å². The smallest absolute Gasteiger partial charge is 0.335 e. The van der Waals surface area contributed by atoms with Crippen LogP contribution in [0.4, 0.5) is 0 Å². The van der Waals surface area contributed by atoms with Gasteiger partial charge in [-0.15, -0.1) is 5.06 Å². The second-order valence-electron chi connectivity index (χ2n) is 6.92. The topological polar surface area (TPSA) is 166 Å². The van der Waals surface area contributed by atoms with Gasteiger partial charge in [0.1, 0.15) is 6.61 Å². The molecular formula is C21H35NO13. The van der Waals surface area contributed by atoms with Crippen molar-refractivity contribution in [1.82, 2.24) is 5.06 Å². The van der Waals surface area contributed by atoms with Crippen LogP contribution in [0.3, 0.4) is 0 Å². The van der Waals surface area contributed by atoms with Gasteiger partial charge in [0.15, 0.2) is 0 Å². The molecule has 0 aromatic heterocycles. The Morgan fingerprint density at radius 2 is 0.943 bits per heavy atom. The fraction of sp³-hybridized carbons (Fsp3) is 0.810. The van der Waals surface area contributed by atoms with Gasteiger partial charge in [-0.2, -0.15) is 0 Å². The lowest BCUT2D eigenvalue weighted by molar-refractivity contribution is -0.198. The van der Waals surface area contributed by atoms with Crippen LogP contribution in [-0.2, 0) is 57.2 Å². The summed E-state index contributed by atoms with van der Waals surface area (Å²) in [6.45, 7) is 4.18. The van der Waals surface area contributed by atoms with Crippen molar-refractivity contribution in [2.75, 3.05) is 92.5 Å². The van der Waals surface area contributed by atoms with Crippen molar-refractivity contribution in [2.24, 2.45) is 0 Å². The van der Waals surface area contributed by atoms with Gasteiger partial charge >= 0.3 is 11.9 Å². The Hall–Kier alpha value is -2.20. The summed E-state index contributed by atoms with van der Waals surface area (Å²) in [6.07, 6.45) is 0.0336. The van der Waals surface area contributed by atoms with Crippen molar-refractivity contribution in [2.45, 2.75) is 19.3 Å². The van der Waals surface area contributed by atoms with E-state index in [2.05, 4.69) is 0 Å². The van der Waals surface area contributed by atoms with Gasteiger partial charge < -0.3 is 43.1 Å². The summed E-state index contributed by atoms with van der Waals surface area (Å²) in [5, 5.41) is 8.89. The quantitative estimate of drug-likeness (QED) is 0.127. The lowest BCUT2D eigenvalue weighted by Crippen LogP contribution is -2.32. The fourth-order valence-corrected chi connectivity index (χ4v) is 2.44. The number of ether oxygens (including phenoxy) is 7. The Morgan fingerprint density at radius 1 is 0.600 bits per heavy atom. The van der Waals surface area contributed by atoms with Crippen molar-refractivity contribution in [1.29, 1.82) is 0 Å². The van der Waals surface area contributed by atoms with Crippen LogP contribution in [0.5, 0.6) is 0 Å². The summed E-state index contributed by atoms with van der Waals surface area (Å²) in [5.41, 5.74) is 0. The molecular weight excluding hydrogens is 474 g/mol. The minimum Gasteiger partial charge on any atom is -0.480 e. The molecule has 14 nitrogen and oxygen atoms in total. The second-order valence-corrected chi connectivity index (χ2v) is 6.92. The lowest BCUT2D eigenvalue weighted by Gasteiger charge is -2.12. The van der Waals surface area contributed by atoms with Crippen molar-refractivity contribution < 1.29 is 62.3 Å². The largest absolute Gasteiger partial charge is 0.480 e. The molecule has 1 fully saturated rings. The molecule has 14 heteroatoms. The molecule has 1 aliphatic rings. The second kappa shape index (κ2) is 21.1. The van der Waals surface area contributed by atoms with E-state index >= 15 is 0 Å². The highest BCUT2D eigenvalue weighted by Gasteiger charge is 2.32. The first-order valence-electron chi connectivity index (χ1n) is 11.3. The van der Waals surface area contributed by atoms with E-state index in [-0.39, 0.29) is 45.7 Å². The fourth-order valence-electron chi connectivity index (χ4n) is 2.44. The summed E-state index contributed by atoms with van der Waals surface area (Å²) in [7, 11) is 0. The monoisotopic (exact) mass is 509 g/mol. The molecule has 2 amide bonds. The van der Waals surface area contributed by atoms with E-state index < -0.39 is 23.8 Å². The molecule has 1 aliphatic heterocycles. The van der Waals surface area contributed by atoms with Gasteiger partial charge in [-0.25, -0.2) is 9.59 Å². The Bertz CT molecular complexity index is 600. The molecule has 35 heavy (non-hydrogen) atoms. The average molecular weight is 510 g/mol. The van der Waals surface area contributed by atoms with Crippen LogP contribution in [0, 0.1) is 0 Å². The number of carbonyl (C=O) groups is 4. The molecule has 0 aromatic carbocycles. The number of carboxylic acid groups (broad SMARTS) is 1. The van der Waals surface area contributed by atoms with Gasteiger partial charge in [0.2, 0.25) is 0 Å². The minimum absolute atomic E-state index is 0.0562. The van der Waals surface area contributed by atoms with Crippen LogP contribution in [0.25, 0.3) is 0 Å². The van der Waals surface area contributed by atoms with Crippen LogP contribution in [0.15, 0.2) is 0 Å². The first-order valence-corrected chi connectivity index (χ1v) is 11.3. The molecule has 1 heterocycles. The van der Waals surface area contributed by atoms with Crippen molar-refractivity contribution in [3.8, 4) is 0 Å². The standard InChI is InChI=1S/C21H35NO13/c23-18-1-2-19(24)22(18)35-21(27)3-4-28-5-6-29-7-8-30-9-10-31-11-12-32-13-14-33-15-16-34-17-20(25)26/h1-17H2,(H,25,26). The maximum atomic E-state index is 11.6. The van der Waals surface area contributed by atoms with Gasteiger partial charge in [-0.3, -0.25) is 9.59 Å². The van der Waals surface area contributed by atoms with Gasteiger partial charge in [0, 0.05) is 12.8 Å². The summed E-state index contributed by atoms with van der Waals surface area (Å²) < 4.78 is 36.6. The number of imide groups is 1. The average Bonchev–Trinajstić information content (AvgIpc) is 3.14. The normalized spacial score (nSPS) is 13.5. The highest BCUT2D eigenvalue weighted by atomic mass is 16.7. The maximum Gasteiger partial charge on any atom is 0.335 e. The Morgan fingerprint density at radius 3 is 1.31 bits per heavy atom. The molecule has 0 unspecified atom stereocenters. The number of amides is 2. The highest BCUT2D eigenvalue weighted by Crippen LogP contribution is 2.12. The molecule has 1 saturated heterocycles. The summed E-state index contributed by atoms with van der Waals surface area (Å²) in [6, 6.07) is 0. The van der Waals surface area contributed by atoms with Crippen LogP contribution in [0.2, 0.25) is 0 Å². The predicted octanol–water partition coefficient (Wildman–Crippen LogP) is -0.815. The van der Waals surface area contributed by atoms with Gasteiger partial charge in [-0.1, -0.05) is 0 Å². The van der Waals surface area contributed by atoms with Crippen LogP contribution in [0.1, 0.15) is 19.3 Å². The molecule has 1 N–H and O–H groups in total. The third-order valence-electron chi connectivity index (χ3n) is 4.11. The van der Waals surface area contributed by atoms with Crippen LogP contribution in [-0.4, -0.2) is 126 Å². The van der Waals surface area contributed by atoms with Crippen molar-refractivity contribution in [3.63, 3.8) is 0 Å². The summed E-state index contributed by atoms with van der Waals surface area (Å²) in [5.74, 6) is -2.75. The van der Waals surface area contributed by atoms with E-state index in [1.54, 1.807) is 0 Å². The minimum atomic E-state index is -1.01. The Kier molecular flexibility index (Phi) is 18.6. The molecule has 0 aliphatic carbocycles. The van der Waals surface area contributed by atoms with Gasteiger partial charge in [0.25, 0.3) is 11.8 Å². The zero-order valence-electron chi connectivity index (χ0n) is 19.8. The number of rotatable bonds is 24. The number of nitrogens with zero attached hydrogens (tertiary/aromatic N) is 1. The third-order valence-corrected chi connectivity index (χ3v) is 4.11. The predicted molar refractivity (Wildman–Crippen MR) is 115 cm³/mol. The van der Waals surface area contributed by atoms with E-state index in [9.17, 15) is 19.2 Å². The molecule has 202 valence electrons. The first-order chi connectivity index (χ1) is 17.0. The van der Waals surface area contributed by atoms with E-state index in [1.807, 2.05) is 0 Å². The molecule has 0 saturated carbocycles. The van der Waals surface area contributed by atoms with Crippen LogP contribution >= 0.6 is 0 Å². The van der Waals surface area contributed by atoms with Gasteiger partial charge in [-0.05, 0) is 0 Å². The van der Waals surface area contributed by atoms with Crippen LogP contribution < -0.4 is 0 Å². The van der Waals surface area contributed by atoms with E-state index in [4.69, 9.17) is 43.1 Å². The molecule has 0 spiro atoms. The molecule has 1 rings (SSSR count). The number of hydrogen-bond acceptors (Lipinski definition) is 12. The summed E-state index contributed by atoms with van der Waals surface area (Å²) >= 11 is 0. The number of hydroxylamine groups is 2. The number of carboxylic acids is 1. The number of carbonyl (C=O) groups excluding carboxylic acids is 3. The van der Waals surface area contributed by atoms with E-state index in [0.29, 0.717) is 71.1 Å². The zero-order valence-corrected chi connectivity index (χ0v) is 19.8. The first kappa shape index (κ1) is 30.8. The lowest BCUT2D eigenvalue weighted by atomic mass is 10.4. The van der Waals surface area contributed by atoms with Crippen molar-refractivity contribution >= 4 is 23.8 Å². The highest BCUT2D eigenvalue weighted by molar-refractivity contribution is 6.01. The Balaban J connectivity index is 1.72. The maximum absolute atomic E-state index is 11.6. The number of hydrogen-bond donors (Lipinski definition) is 1. The van der Waals surface area contributed by atoms with Crippen molar-refractivity contribution in [3.05, 3.63) is 0 Å². The third kappa shape index (κ3) is 17.8. The summed E-state index contributed by atoms with van der Waals surface area (Å²) in [4.78, 5) is 49.2. The molecule has 0 atom stereocenters. The Labute approximate surface area is 203 Å². The zero-order chi connectivity index (χ0) is 25.6. The molecule has 0 bridgehead atoms. The number of aliphatic carboxylic acids is 1. The molecule has 0 aromatic rings. The molecule has 0 radical (unpaired) electrons. The van der Waals surface area contributed by atoms with Gasteiger partial charge in [0.05, 0.1) is 92.3 Å².